The molecular formula is C8H16N2S. The molecule has 0 aliphatic rings. The van der Waals surface area contributed by atoms with Crippen LogP contribution in [-0.4, -0.2) is 12.2 Å². The van der Waals surface area contributed by atoms with Crippen molar-refractivity contribution in [2.45, 2.75) is 20.8 Å². The first kappa shape index (κ1) is 10.4. The molecule has 0 bridgehead atoms. The third-order valence-electron chi connectivity index (χ3n) is 1.40. The van der Waals surface area contributed by atoms with Crippen LogP contribution in [0.1, 0.15) is 20.8 Å². The lowest BCUT2D eigenvalue weighted by molar-refractivity contribution is 0.485. The van der Waals surface area contributed by atoms with Gasteiger partial charge in [0.1, 0.15) is 0 Å². The van der Waals surface area contributed by atoms with E-state index in [0.717, 1.165) is 5.70 Å². The molecule has 11 heavy (non-hydrogen) atoms. The van der Waals surface area contributed by atoms with Crippen molar-refractivity contribution in [2.24, 2.45) is 5.41 Å². The summed E-state index contributed by atoms with van der Waals surface area (Å²) in [7, 11) is 1.78. The fourth-order valence-corrected chi connectivity index (χ4v) is 0.510. The lowest BCUT2D eigenvalue weighted by Crippen LogP contribution is -2.35. The van der Waals surface area contributed by atoms with E-state index in [1.165, 1.54) is 0 Å². The molecular weight excluding hydrogens is 156 g/mol. The van der Waals surface area contributed by atoms with E-state index in [1.807, 2.05) is 0 Å². The number of allylic oxidation sites excluding steroid dienone is 1. The molecule has 0 saturated carbocycles. The van der Waals surface area contributed by atoms with Crippen molar-refractivity contribution in [1.82, 2.24) is 10.6 Å². The second-order valence-corrected chi connectivity index (χ2v) is 3.84. The van der Waals surface area contributed by atoms with E-state index in [-0.39, 0.29) is 5.41 Å². The molecule has 0 aromatic heterocycles. The molecule has 3 heteroatoms. The average Bonchev–Trinajstić information content (AvgIpc) is 1.85. The van der Waals surface area contributed by atoms with E-state index >= 15 is 0 Å². The number of rotatable bonds is 1. The van der Waals surface area contributed by atoms with Crippen molar-refractivity contribution in [3.63, 3.8) is 0 Å². The average molecular weight is 172 g/mol. The lowest BCUT2D eigenvalue weighted by Gasteiger charge is -2.23. The van der Waals surface area contributed by atoms with Gasteiger partial charge in [-0.1, -0.05) is 27.4 Å². The molecule has 0 heterocycles. The zero-order valence-electron chi connectivity index (χ0n) is 7.62. The van der Waals surface area contributed by atoms with Gasteiger partial charge in [-0.3, -0.25) is 0 Å². The van der Waals surface area contributed by atoms with Gasteiger partial charge in [0.15, 0.2) is 5.11 Å². The molecule has 0 aromatic carbocycles. The largest absolute Gasteiger partial charge is 0.366 e. The Morgan fingerprint density at radius 2 is 1.82 bits per heavy atom. The predicted molar refractivity (Wildman–Crippen MR) is 53.4 cm³/mol. The summed E-state index contributed by atoms with van der Waals surface area (Å²) in [5.41, 5.74) is 0.984. The van der Waals surface area contributed by atoms with Gasteiger partial charge in [0.25, 0.3) is 0 Å². The molecule has 64 valence electrons. The molecule has 0 aliphatic heterocycles. The molecule has 2 nitrogen and oxygen atoms in total. The molecule has 2 N–H and O–H groups in total. The van der Waals surface area contributed by atoms with Crippen molar-refractivity contribution in [3.05, 3.63) is 12.3 Å². The third-order valence-corrected chi connectivity index (χ3v) is 1.70. The maximum absolute atomic E-state index is 4.92. The standard InChI is InChI=1S/C8H16N2S/c1-6(8(2,3)4)10-7(11)9-5/h1H2,2-5H3,(H2,9,10,11). The van der Waals surface area contributed by atoms with Gasteiger partial charge in [-0.05, 0) is 12.2 Å². The van der Waals surface area contributed by atoms with E-state index in [4.69, 9.17) is 12.2 Å². The molecule has 0 aromatic rings. The van der Waals surface area contributed by atoms with Crippen LogP contribution < -0.4 is 10.6 Å². The Labute approximate surface area is 74.1 Å². The molecule has 0 amide bonds. The molecule has 0 radical (unpaired) electrons. The Hall–Kier alpha value is -0.570. The van der Waals surface area contributed by atoms with Crippen molar-refractivity contribution < 1.29 is 0 Å². The Morgan fingerprint density at radius 1 is 1.36 bits per heavy atom. The van der Waals surface area contributed by atoms with Crippen molar-refractivity contribution >= 4 is 17.3 Å². The van der Waals surface area contributed by atoms with E-state index < -0.39 is 0 Å². The number of nitrogens with one attached hydrogen (secondary N) is 2. The summed E-state index contributed by atoms with van der Waals surface area (Å²) in [6.07, 6.45) is 0. The molecule has 0 aliphatic carbocycles. The zero-order chi connectivity index (χ0) is 9.07. The fraction of sp³-hybridized carbons (Fsp3) is 0.625. The minimum atomic E-state index is 0.0565. The molecule has 0 fully saturated rings. The number of hydrogen-bond acceptors (Lipinski definition) is 1. The van der Waals surface area contributed by atoms with E-state index in [9.17, 15) is 0 Å². The van der Waals surface area contributed by atoms with Gasteiger partial charge in [-0.2, -0.15) is 0 Å². The van der Waals surface area contributed by atoms with Crippen LogP contribution >= 0.6 is 12.2 Å². The van der Waals surface area contributed by atoms with E-state index in [1.54, 1.807) is 7.05 Å². The smallest absolute Gasteiger partial charge is 0.170 e. The summed E-state index contributed by atoms with van der Waals surface area (Å²) < 4.78 is 0. The van der Waals surface area contributed by atoms with Crippen LogP contribution in [0.4, 0.5) is 0 Å². The van der Waals surface area contributed by atoms with Crippen LogP contribution in [0.25, 0.3) is 0 Å². The highest BCUT2D eigenvalue weighted by Gasteiger charge is 2.14. The Bertz CT molecular complexity index is 167. The Kier molecular flexibility index (Phi) is 3.52. The molecule has 0 rings (SSSR count). The van der Waals surface area contributed by atoms with Crippen molar-refractivity contribution in [2.75, 3.05) is 7.05 Å². The minimum Gasteiger partial charge on any atom is -0.366 e. The maximum atomic E-state index is 4.92. The van der Waals surface area contributed by atoms with Gasteiger partial charge < -0.3 is 10.6 Å². The van der Waals surface area contributed by atoms with Gasteiger partial charge in [0, 0.05) is 18.2 Å². The van der Waals surface area contributed by atoms with Crippen LogP contribution in [-0.2, 0) is 0 Å². The molecule has 0 saturated heterocycles. The van der Waals surface area contributed by atoms with Crippen LogP contribution in [0.15, 0.2) is 12.3 Å². The summed E-state index contributed by atoms with van der Waals surface area (Å²) in [6.45, 7) is 10.1. The first-order chi connectivity index (χ1) is 4.88. The van der Waals surface area contributed by atoms with E-state index in [0.29, 0.717) is 5.11 Å². The normalized spacial score (nSPS) is 10.5. The highest BCUT2D eigenvalue weighted by molar-refractivity contribution is 7.80. The van der Waals surface area contributed by atoms with Crippen LogP contribution in [0.5, 0.6) is 0 Å². The molecule has 0 atom stereocenters. The highest BCUT2D eigenvalue weighted by Crippen LogP contribution is 2.20. The van der Waals surface area contributed by atoms with Crippen LogP contribution in [0, 0.1) is 5.41 Å². The zero-order valence-corrected chi connectivity index (χ0v) is 8.43. The maximum Gasteiger partial charge on any atom is 0.170 e. The second kappa shape index (κ2) is 3.72. The first-order valence-corrected chi connectivity index (χ1v) is 3.97. The summed E-state index contributed by atoms with van der Waals surface area (Å²) in [5.74, 6) is 0. The second-order valence-electron chi connectivity index (χ2n) is 3.43. The molecule has 0 spiro atoms. The number of thiocarbonyl (C=S) groups is 1. The summed E-state index contributed by atoms with van der Waals surface area (Å²) in [5, 5.41) is 6.44. The monoisotopic (exact) mass is 172 g/mol. The topological polar surface area (TPSA) is 24.1 Å². The van der Waals surface area contributed by atoms with Gasteiger partial charge in [0.2, 0.25) is 0 Å². The third kappa shape index (κ3) is 3.98. The molecule has 0 unspecified atom stereocenters. The van der Waals surface area contributed by atoms with Crippen molar-refractivity contribution in [3.8, 4) is 0 Å². The Morgan fingerprint density at radius 3 is 2.09 bits per heavy atom. The summed E-state index contributed by atoms with van der Waals surface area (Å²) in [4.78, 5) is 0. The summed E-state index contributed by atoms with van der Waals surface area (Å²) in [6, 6.07) is 0. The van der Waals surface area contributed by atoms with Crippen LogP contribution in [0.3, 0.4) is 0 Å². The van der Waals surface area contributed by atoms with Crippen molar-refractivity contribution in [1.29, 1.82) is 0 Å². The van der Waals surface area contributed by atoms with Crippen LogP contribution in [0.2, 0.25) is 0 Å². The van der Waals surface area contributed by atoms with E-state index in [2.05, 4.69) is 38.0 Å². The SMILES string of the molecule is C=C(NC(=S)NC)C(C)(C)C. The van der Waals surface area contributed by atoms with Gasteiger partial charge >= 0.3 is 0 Å². The van der Waals surface area contributed by atoms with Gasteiger partial charge in [-0.25, -0.2) is 0 Å². The highest BCUT2D eigenvalue weighted by atomic mass is 32.1. The minimum absolute atomic E-state index is 0.0565. The van der Waals surface area contributed by atoms with Gasteiger partial charge in [0.05, 0.1) is 0 Å². The van der Waals surface area contributed by atoms with Gasteiger partial charge in [-0.15, -0.1) is 0 Å². The lowest BCUT2D eigenvalue weighted by atomic mass is 9.93. The Balaban J connectivity index is 3.99. The first-order valence-electron chi connectivity index (χ1n) is 3.56. The fourth-order valence-electron chi connectivity index (χ4n) is 0.387. The number of hydrogen-bond donors (Lipinski definition) is 2. The predicted octanol–water partition coefficient (Wildman–Crippen LogP) is 1.64. The summed E-state index contributed by atoms with van der Waals surface area (Å²) >= 11 is 4.92. The quantitative estimate of drug-likeness (QED) is 0.588.